The summed E-state index contributed by atoms with van der Waals surface area (Å²) in [6, 6.07) is 3.29. The topological polar surface area (TPSA) is 104 Å². The third-order valence-electron chi connectivity index (χ3n) is 3.34. The molecule has 0 bridgehead atoms. The number of sulfonamides is 1. The fourth-order valence-electron chi connectivity index (χ4n) is 2.25. The van der Waals surface area contributed by atoms with Gasteiger partial charge in [0, 0.05) is 13.1 Å². The van der Waals surface area contributed by atoms with Crippen LogP contribution < -0.4 is 5.32 Å². The second kappa shape index (κ2) is 6.41. The zero-order valence-electron chi connectivity index (χ0n) is 11.6. The second-order valence-electron chi connectivity index (χ2n) is 4.84. The van der Waals surface area contributed by atoms with Crippen molar-refractivity contribution in [3.8, 4) is 0 Å². The van der Waals surface area contributed by atoms with E-state index in [2.05, 4.69) is 0 Å². The number of benzene rings is 1. The highest BCUT2D eigenvalue weighted by Gasteiger charge is 2.30. The van der Waals surface area contributed by atoms with Crippen LogP contribution in [-0.2, 0) is 19.6 Å². The van der Waals surface area contributed by atoms with E-state index in [0.29, 0.717) is 25.9 Å². The van der Waals surface area contributed by atoms with Crippen LogP contribution in [0.5, 0.6) is 0 Å². The van der Waals surface area contributed by atoms with E-state index in [1.165, 1.54) is 10.4 Å². The number of carboxylic acid groups (broad SMARTS) is 1. The highest BCUT2D eigenvalue weighted by atomic mass is 32.2. The molecule has 1 amide bonds. The fraction of sp³-hybridized carbons (Fsp3) is 0.385. The lowest BCUT2D eigenvalue weighted by Crippen LogP contribution is -2.36. The van der Waals surface area contributed by atoms with Gasteiger partial charge in [0.2, 0.25) is 10.0 Å². The minimum Gasteiger partial charge on any atom is -0.474 e. The lowest BCUT2D eigenvalue weighted by Gasteiger charge is -2.26. The second-order valence-corrected chi connectivity index (χ2v) is 6.74. The number of hydrogen-bond donors (Lipinski definition) is 2. The normalized spacial score (nSPS) is 16.2. The molecule has 1 aromatic rings. The van der Waals surface area contributed by atoms with Crippen molar-refractivity contribution in [2.24, 2.45) is 0 Å². The number of carbonyl (C=O) groups excluding carboxylic acids is 1. The fourth-order valence-corrected chi connectivity index (χ4v) is 3.93. The summed E-state index contributed by atoms with van der Waals surface area (Å²) in [6.07, 6.45) is 2.31. The number of hydrogen-bond acceptors (Lipinski definition) is 4. The maximum Gasteiger partial charge on any atom is 0.394 e. The quantitative estimate of drug-likeness (QED) is 0.806. The SMILES string of the molecule is O=C(O)C(=O)Nc1c(F)cccc1S(=O)(=O)N1CCCCC1. The molecule has 1 aliphatic heterocycles. The number of anilines is 1. The van der Waals surface area contributed by atoms with Crippen LogP contribution in [-0.4, -0.2) is 42.8 Å². The summed E-state index contributed by atoms with van der Waals surface area (Å²) in [6.45, 7) is 0.621. The van der Waals surface area contributed by atoms with Crippen LogP contribution in [0.4, 0.5) is 10.1 Å². The van der Waals surface area contributed by atoms with Gasteiger partial charge in [-0.3, -0.25) is 4.79 Å². The van der Waals surface area contributed by atoms with Crippen molar-refractivity contribution in [2.75, 3.05) is 18.4 Å². The summed E-state index contributed by atoms with van der Waals surface area (Å²) < 4.78 is 40.2. The van der Waals surface area contributed by atoms with Gasteiger partial charge in [0.1, 0.15) is 10.7 Å². The molecule has 0 saturated carbocycles. The summed E-state index contributed by atoms with van der Waals surface area (Å²) >= 11 is 0. The van der Waals surface area contributed by atoms with Gasteiger partial charge in [-0.25, -0.2) is 17.6 Å². The Morgan fingerprint density at radius 3 is 2.41 bits per heavy atom. The van der Waals surface area contributed by atoms with Crippen LogP contribution in [0.3, 0.4) is 0 Å². The maximum absolute atomic E-state index is 13.9. The summed E-state index contributed by atoms with van der Waals surface area (Å²) in [5.74, 6) is -4.34. The molecule has 22 heavy (non-hydrogen) atoms. The summed E-state index contributed by atoms with van der Waals surface area (Å²) in [7, 11) is -4.00. The van der Waals surface area contributed by atoms with E-state index in [9.17, 15) is 22.4 Å². The van der Waals surface area contributed by atoms with Crippen LogP contribution >= 0.6 is 0 Å². The molecule has 2 N–H and O–H groups in total. The molecular weight excluding hydrogens is 315 g/mol. The molecule has 2 rings (SSSR count). The van der Waals surface area contributed by atoms with E-state index in [4.69, 9.17) is 5.11 Å². The number of rotatable bonds is 3. The Balaban J connectivity index is 2.44. The molecule has 1 aromatic carbocycles. The van der Waals surface area contributed by atoms with Gasteiger partial charge in [-0.2, -0.15) is 4.31 Å². The Hall–Kier alpha value is -2.00. The van der Waals surface area contributed by atoms with Gasteiger partial charge in [-0.15, -0.1) is 0 Å². The Morgan fingerprint density at radius 2 is 1.82 bits per heavy atom. The number of carbonyl (C=O) groups is 2. The van der Waals surface area contributed by atoms with Gasteiger partial charge < -0.3 is 10.4 Å². The highest BCUT2D eigenvalue weighted by Crippen LogP contribution is 2.29. The first-order valence-electron chi connectivity index (χ1n) is 6.67. The van der Waals surface area contributed by atoms with E-state index >= 15 is 0 Å². The molecule has 7 nitrogen and oxygen atoms in total. The minimum absolute atomic E-state index is 0.311. The Bertz CT molecular complexity index is 698. The number of piperidine rings is 1. The molecule has 0 unspecified atom stereocenters. The van der Waals surface area contributed by atoms with Crippen molar-refractivity contribution in [3.05, 3.63) is 24.0 Å². The molecule has 0 atom stereocenters. The molecule has 0 aliphatic carbocycles. The molecule has 0 spiro atoms. The number of aliphatic carboxylic acids is 1. The van der Waals surface area contributed by atoms with Crippen molar-refractivity contribution in [1.82, 2.24) is 4.31 Å². The van der Waals surface area contributed by atoms with Gasteiger partial charge in [0.25, 0.3) is 0 Å². The van der Waals surface area contributed by atoms with Crippen molar-refractivity contribution < 1.29 is 27.5 Å². The van der Waals surface area contributed by atoms with E-state index in [1.54, 1.807) is 5.32 Å². The molecule has 9 heteroatoms. The predicted molar refractivity (Wildman–Crippen MR) is 75.3 cm³/mol. The zero-order valence-corrected chi connectivity index (χ0v) is 12.4. The monoisotopic (exact) mass is 330 g/mol. The van der Waals surface area contributed by atoms with Crippen molar-refractivity contribution in [3.63, 3.8) is 0 Å². The van der Waals surface area contributed by atoms with E-state index in [0.717, 1.165) is 18.6 Å². The molecule has 1 aliphatic rings. The van der Waals surface area contributed by atoms with Crippen LogP contribution in [0, 0.1) is 5.82 Å². The number of nitrogens with one attached hydrogen (secondary N) is 1. The zero-order chi connectivity index (χ0) is 16.3. The van der Waals surface area contributed by atoms with E-state index in [1.807, 2.05) is 0 Å². The smallest absolute Gasteiger partial charge is 0.394 e. The van der Waals surface area contributed by atoms with Gasteiger partial charge in [-0.05, 0) is 25.0 Å². The van der Waals surface area contributed by atoms with Crippen molar-refractivity contribution in [2.45, 2.75) is 24.2 Å². The molecular formula is C13H15FN2O5S. The number of carboxylic acids is 1. The third kappa shape index (κ3) is 3.25. The number of halogens is 1. The van der Waals surface area contributed by atoms with Gasteiger partial charge in [-0.1, -0.05) is 12.5 Å². The Kier molecular flexibility index (Phi) is 4.77. The van der Waals surface area contributed by atoms with Gasteiger partial charge in [0.15, 0.2) is 0 Å². The third-order valence-corrected chi connectivity index (χ3v) is 5.28. The lowest BCUT2D eigenvalue weighted by atomic mass is 10.2. The van der Waals surface area contributed by atoms with Crippen LogP contribution in [0.25, 0.3) is 0 Å². The predicted octanol–water partition coefficient (Wildman–Crippen LogP) is 1.02. The Morgan fingerprint density at radius 1 is 1.18 bits per heavy atom. The van der Waals surface area contributed by atoms with Gasteiger partial charge in [0.05, 0.1) is 5.69 Å². The van der Waals surface area contributed by atoms with Crippen LogP contribution in [0.15, 0.2) is 23.1 Å². The highest BCUT2D eigenvalue weighted by molar-refractivity contribution is 7.89. The lowest BCUT2D eigenvalue weighted by molar-refractivity contribution is -0.147. The molecule has 1 saturated heterocycles. The van der Waals surface area contributed by atoms with Crippen LogP contribution in [0.2, 0.25) is 0 Å². The largest absolute Gasteiger partial charge is 0.474 e. The minimum atomic E-state index is -4.00. The molecule has 1 fully saturated rings. The van der Waals surface area contributed by atoms with Crippen molar-refractivity contribution >= 4 is 27.6 Å². The molecule has 0 aromatic heterocycles. The molecule has 1 heterocycles. The Labute approximate surface area is 126 Å². The summed E-state index contributed by atoms with van der Waals surface area (Å²) in [5, 5.41) is 10.4. The molecule has 0 radical (unpaired) electrons. The number of amides is 1. The average Bonchev–Trinajstić information content (AvgIpc) is 2.49. The molecule has 120 valence electrons. The van der Waals surface area contributed by atoms with E-state index in [-0.39, 0.29) is 0 Å². The first kappa shape index (κ1) is 16.4. The summed E-state index contributed by atoms with van der Waals surface area (Å²) in [4.78, 5) is 21.4. The standard InChI is InChI=1S/C13H15FN2O5S/c14-9-5-4-6-10(11(9)15-12(17)13(18)19)22(20,21)16-7-2-1-3-8-16/h4-6H,1-3,7-8H2,(H,15,17)(H,18,19). The first-order valence-corrected chi connectivity index (χ1v) is 8.11. The van der Waals surface area contributed by atoms with Crippen molar-refractivity contribution in [1.29, 1.82) is 0 Å². The van der Waals surface area contributed by atoms with Gasteiger partial charge >= 0.3 is 11.9 Å². The maximum atomic E-state index is 13.9. The number of nitrogens with zero attached hydrogens (tertiary/aromatic N) is 1. The number of para-hydroxylation sites is 1. The summed E-state index contributed by atoms with van der Waals surface area (Å²) in [5.41, 5.74) is -0.638. The first-order chi connectivity index (χ1) is 10.3. The average molecular weight is 330 g/mol. The van der Waals surface area contributed by atoms with Crippen LogP contribution in [0.1, 0.15) is 19.3 Å². The van der Waals surface area contributed by atoms with E-state index < -0.39 is 38.3 Å².